The molecule has 0 radical (unpaired) electrons. The van der Waals surface area contributed by atoms with Crippen molar-refractivity contribution in [1.82, 2.24) is 5.32 Å². The van der Waals surface area contributed by atoms with Crippen LogP contribution >= 0.6 is 0 Å². The van der Waals surface area contributed by atoms with Gasteiger partial charge in [-0.25, -0.2) is 4.79 Å². The highest BCUT2D eigenvalue weighted by Crippen LogP contribution is 2.14. The molecule has 0 aromatic heterocycles. The van der Waals surface area contributed by atoms with Crippen molar-refractivity contribution in [3.05, 3.63) is 29.8 Å². The number of carbonyl (C=O) groups is 2. The monoisotopic (exact) mass is 279 g/mol. The second-order valence-corrected chi connectivity index (χ2v) is 5.61. The largest absolute Gasteiger partial charge is 0.493 e. The van der Waals surface area contributed by atoms with Crippen molar-refractivity contribution in [2.75, 3.05) is 6.61 Å². The van der Waals surface area contributed by atoms with Crippen LogP contribution in [-0.4, -0.2) is 29.1 Å². The zero-order valence-corrected chi connectivity index (χ0v) is 12.3. The molecule has 110 valence electrons. The predicted molar refractivity (Wildman–Crippen MR) is 76.0 cm³/mol. The van der Waals surface area contributed by atoms with Gasteiger partial charge in [0.1, 0.15) is 11.3 Å². The third-order valence-corrected chi connectivity index (χ3v) is 2.66. The number of amides is 1. The van der Waals surface area contributed by atoms with Crippen LogP contribution in [0.15, 0.2) is 24.3 Å². The maximum absolute atomic E-state index is 11.9. The Kier molecular flexibility index (Phi) is 5.13. The van der Waals surface area contributed by atoms with Crippen molar-refractivity contribution in [2.45, 2.75) is 33.2 Å². The molecule has 5 nitrogen and oxygen atoms in total. The summed E-state index contributed by atoms with van der Waals surface area (Å²) in [5.41, 5.74) is -0.902. The number of ether oxygens (including phenoxy) is 1. The Labute approximate surface area is 118 Å². The van der Waals surface area contributed by atoms with E-state index in [9.17, 15) is 9.59 Å². The maximum Gasteiger partial charge on any atom is 0.328 e. The van der Waals surface area contributed by atoms with E-state index in [0.29, 0.717) is 23.8 Å². The molecule has 0 aliphatic rings. The summed E-state index contributed by atoms with van der Waals surface area (Å²) >= 11 is 0. The standard InChI is InChI=1S/C15H21NO4/c1-10(2)9-20-12-7-5-11(6-8-12)13(17)16-15(3,4)14(18)19/h5-8,10H,9H2,1-4H3,(H,16,17)(H,18,19). The molecule has 0 heterocycles. The molecule has 0 fully saturated rings. The van der Waals surface area contributed by atoms with E-state index in [2.05, 4.69) is 19.2 Å². The first kappa shape index (κ1) is 16.0. The summed E-state index contributed by atoms with van der Waals surface area (Å²) < 4.78 is 5.52. The summed E-state index contributed by atoms with van der Waals surface area (Å²) in [5, 5.41) is 11.4. The number of nitrogens with one attached hydrogen (secondary N) is 1. The lowest BCUT2D eigenvalue weighted by Crippen LogP contribution is -2.49. The number of carboxylic acid groups (broad SMARTS) is 1. The quantitative estimate of drug-likeness (QED) is 0.838. The summed E-state index contributed by atoms with van der Waals surface area (Å²) in [4.78, 5) is 22.9. The van der Waals surface area contributed by atoms with Gasteiger partial charge in [-0.1, -0.05) is 13.8 Å². The van der Waals surface area contributed by atoms with Crippen LogP contribution in [-0.2, 0) is 4.79 Å². The highest BCUT2D eigenvalue weighted by atomic mass is 16.5. The van der Waals surface area contributed by atoms with E-state index < -0.39 is 17.4 Å². The van der Waals surface area contributed by atoms with Crippen molar-refractivity contribution in [3.8, 4) is 5.75 Å². The zero-order valence-electron chi connectivity index (χ0n) is 12.3. The highest BCUT2D eigenvalue weighted by molar-refractivity contribution is 5.97. The van der Waals surface area contributed by atoms with Gasteiger partial charge in [-0.05, 0) is 44.0 Å². The van der Waals surface area contributed by atoms with E-state index in [0.717, 1.165) is 0 Å². The molecule has 0 spiro atoms. The zero-order chi connectivity index (χ0) is 15.3. The van der Waals surface area contributed by atoms with Gasteiger partial charge in [0.15, 0.2) is 0 Å². The number of hydrogen-bond donors (Lipinski definition) is 2. The van der Waals surface area contributed by atoms with Crippen LogP contribution in [0.5, 0.6) is 5.75 Å². The topological polar surface area (TPSA) is 75.6 Å². The van der Waals surface area contributed by atoms with Crippen LogP contribution in [0.3, 0.4) is 0 Å². The van der Waals surface area contributed by atoms with Gasteiger partial charge in [0.2, 0.25) is 0 Å². The Morgan fingerprint density at radius 3 is 2.25 bits per heavy atom. The molecule has 0 unspecified atom stereocenters. The average Bonchev–Trinajstić information content (AvgIpc) is 2.36. The molecule has 0 bridgehead atoms. The molecule has 2 N–H and O–H groups in total. The van der Waals surface area contributed by atoms with E-state index in [1.807, 2.05) is 0 Å². The lowest BCUT2D eigenvalue weighted by Gasteiger charge is -2.21. The van der Waals surface area contributed by atoms with Gasteiger partial charge in [-0.15, -0.1) is 0 Å². The molecule has 1 aromatic carbocycles. The number of rotatable bonds is 6. The first-order chi connectivity index (χ1) is 9.22. The molecule has 20 heavy (non-hydrogen) atoms. The molecule has 1 amide bonds. The van der Waals surface area contributed by atoms with Gasteiger partial charge >= 0.3 is 5.97 Å². The Bertz CT molecular complexity index is 477. The SMILES string of the molecule is CC(C)COc1ccc(C(=O)NC(C)(C)C(=O)O)cc1. The van der Waals surface area contributed by atoms with Gasteiger partial charge in [0.05, 0.1) is 6.61 Å². The molecule has 0 saturated carbocycles. The van der Waals surface area contributed by atoms with E-state index in [1.165, 1.54) is 13.8 Å². The van der Waals surface area contributed by atoms with Crippen molar-refractivity contribution >= 4 is 11.9 Å². The van der Waals surface area contributed by atoms with E-state index in [1.54, 1.807) is 24.3 Å². The first-order valence-electron chi connectivity index (χ1n) is 6.51. The lowest BCUT2D eigenvalue weighted by molar-refractivity contribution is -0.143. The average molecular weight is 279 g/mol. The molecular formula is C15H21NO4. The molecule has 5 heteroatoms. The van der Waals surface area contributed by atoms with Crippen LogP contribution < -0.4 is 10.1 Å². The minimum atomic E-state index is -1.30. The fourth-order valence-electron chi connectivity index (χ4n) is 1.37. The molecule has 0 atom stereocenters. The summed E-state index contributed by atoms with van der Waals surface area (Å²) in [6.45, 7) is 7.59. The summed E-state index contributed by atoms with van der Waals surface area (Å²) in [7, 11) is 0. The van der Waals surface area contributed by atoms with E-state index >= 15 is 0 Å². The number of benzene rings is 1. The Hall–Kier alpha value is -2.04. The summed E-state index contributed by atoms with van der Waals surface area (Å²) in [6, 6.07) is 6.63. The maximum atomic E-state index is 11.9. The third kappa shape index (κ3) is 4.57. The van der Waals surface area contributed by atoms with Crippen molar-refractivity contribution in [3.63, 3.8) is 0 Å². The molecule has 0 aliphatic carbocycles. The third-order valence-electron chi connectivity index (χ3n) is 2.66. The van der Waals surface area contributed by atoms with Gasteiger partial charge in [-0.2, -0.15) is 0 Å². The highest BCUT2D eigenvalue weighted by Gasteiger charge is 2.29. The number of hydrogen-bond acceptors (Lipinski definition) is 3. The molecule has 0 saturated heterocycles. The normalized spacial score (nSPS) is 11.2. The lowest BCUT2D eigenvalue weighted by atomic mass is 10.1. The fraction of sp³-hybridized carbons (Fsp3) is 0.467. The van der Waals surface area contributed by atoms with Crippen molar-refractivity contribution in [1.29, 1.82) is 0 Å². The number of carboxylic acids is 1. The second-order valence-electron chi connectivity index (χ2n) is 5.61. The molecular weight excluding hydrogens is 258 g/mol. The van der Waals surface area contributed by atoms with E-state index in [-0.39, 0.29) is 0 Å². The van der Waals surface area contributed by atoms with Gasteiger partial charge in [0, 0.05) is 5.56 Å². The van der Waals surface area contributed by atoms with Crippen LogP contribution in [0.1, 0.15) is 38.1 Å². The predicted octanol–water partition coefficient (Wildman–Crippen LogP) is 2.31. The van der Waals surface area contributed by atoms with E-state index in [4.69, 9.17) is 9.84 Å². The molecule has 0 aliphatic heterocycles. The summed E-state index contributed by atoms with van der Waals surface area (Å²) in [6.07, 6.45) is 0. The Morgan fingerprint density at radius 1 is 1.25 bits per heavy atom. The van der Waals surface area contributed by atoms with Crippen molar-refractivity contribution in [2.24, 2.45) is 5.92 Å². The van der Waals surface area contributed by atoms with Crippen molar-refractivity contribution < 1.29 is 19.4 Å². The van der Waals surface area contributed by atoms with Crippen LogP contribution in [0.25, 0.3) is 0 Å². The summed E-state index contributed by atoms with van der Waals surface area (Å²) in [5.74, 6) is -0.391. The minimum Gasteiger partial charge on any atom is -0.493 e. The minimum absolute atomic E-state index is 0.399. The molecule has 1 rings (SSSR count). The smallest absolute Gasteiger partial charge is 0.328 e. The number of aliphatic carboxylic acids is 1. The Balaban J connectivity index is 2.69. The Morgan fingerprint density at radius 2 is 1.80 bits per heavy atom. The number of carbonyl (C=O) groups excluding carboxylic acids is 1. The van der Waals surface area contributed by atoms with Crippen LogP contribution in [0, 0.1) is 5.92 Å². The van der Waals surface area contributed by atoms with Gasteiger partial charge < -0.3 is 15.2 Å². The van der Waals surface area contributed by atoms with Gasteiger partial charge in [0.25, 0.3) is 5.91 Å². The molecule has 1 aromatic rings. The van der Waals surface area contributed by atoms with Gasteiger partial charge in [-0.3, -0.25) is 4.79 Å². The van der Waals surface area contributed by atoms with Crippen LogP contribution in [0.4, 0.5) is 0 Å². The van der Waals surface area contributed by atoms with Crippen LogP contribution in [0.2, 0.25) is 0 Å². The second kappa shape index (κ2) is 6.41. The first-order valence-corrected chi connectivity index (χ1v) is 6.51. The fourth-order valence-corrected chi connectivity index (χ4v) is 1.37.